The lowest BCUT2D eigenvalue weighted by Crippen LogP contribution is -2.12. The standard InChI is InChI=1S/C18H15N3O4/c1-10-5-11(2)7-13(6-10)16(22)19-18-21-20-17(25-18)12-3-4-14-15(8-12)24-9-23-14/h3-8H,9H2,1-2H3,(H,19,21,22). The Morgan fingerprint density at radius 2 is 1.76 bits per heavy atom. The maximum Gasteiger partial charge on any atom is 0.322 e. The van der Waals surface area contributed by atoms with E-state index in [-0.39, 0.29) is 24.6 Å². The van der Waals surface area contributed by atoms with Crippen LogP contribution in [0.4, 0.5) is 6.01 Å². The minimum atomic E-state index is -0.298. The van der Waals surface area contributed by atoms with Crippen LogP contribution in [0.5, 0.6) is 11.5 Å². The fraction of sp³-hybridized carbons (Fsp3) is 0.167. The van der Waals surface area contributed by atoms with Crippen LogP contribution in [0.15, 0.2) is 40.8 Å². The molecule has 0 spiro atoms. The summed E-state index contributed by atoms with van der Waals surface area (Å²) >= 11 is 0. The lowest BCUT2D eigenvalue weighted by Gasteiger charge is -2.03. The highest BCUT2D eigenvalue weighted by Gasteiger charge is 2.17. The van der Waals surface area contributed by atoms with E-state index in [0.29, 0.717) is 22.6 Å². The number of hydrogen-bond donors (Lipinski definition) is 1. The fourth-order valence-corrected chi connectivity index (χ4v) is 2.70. The SMILES string of the molecule is Cc1cc(C)cc(C(=O)Nc2nnc(-c3ccc4c(c3)OCO4)o2)c1. The van der Waals surface area contributed by atoms with Gasteiger partial charge >= 0.3 is 6.01 Å². The summed E-state index contributed by atoms with van der Waals surface area (Å²) in [5, 5.41) is 10.5. The van der Waals surface area contributed by atoms with Crippen LogP contribution >= 0.6 is 0 Å². The third-order valence-electron chi connectivity index (χ3n) is 3.75. The molecule has 0 bridgehead atoms. The Balaban J connectivity index is 1.54. The summed E-state index contributed by atoms with van der Waals surface area (Å²) in [6.07, 6.45) is 0. The van der Waals surface area contributed by atoms with Gasteiger partial charge in [0.15, 0.2) is 11.5 Å². The summed E-state index contributed by atoms with van der Waals surface area (Å²) in [5.74, 6) is 1.28. The first-order valence-electron chi connectivity index (χ1n) is 7.72. The Kier molecular flexibility index (Phi) is 3.61. The lowest BCUT2D eigenvalue weighted by molar-refractivity contribution is 0.102. The number of amides is 1. The number of aromatic nitrogens is 2. The van der Waals surface area contributed by atoms with Gasteiger partial charge in [-0.25, -0.2) is 0 Å². The number of rotatable bonds is 3. The van der Waals surface area contributed by atoms with Crippen molar-refractivity contribution in [2.75, 3.05) is 12.1 Å². The van der Waals surface area contributed by atoms with Crippen molar-refractivity contribution in [3.8, 4) is 23.0 Å². The van der Waals surface area contributed by atoms with Gasteiger partial charge in [0.2, 0.25) is 12.7 Å². The zero-order valence-corrected chi connectivity index (χ0v) is 13.7. The van der Waals surface area contributed by atoms with E-state index in [4.69, 9.17) is 13.9 Å². The van der Waals surface area contributed by atoms with Crippen LogP contribution in [-0.4, -0.2) is 22.9 Å². The van der Waals surface area contributed by atoms with Gasteiger partial charge in [-0.15, -0.1) is 5.10 Å². The molecule has 0 unspecified atom stereocenters. The molecule has 3 aromatic rings. The third kappa shape index (κ3) is 3.03. The first-order valence-corrected chi connectivity index (χ1v) is 7.72. The molecular formula is C18H15N3O4. The van der Waals surface area contributed by atoms with Crippen molar-refractivity contribution in [2.24, 2.45) is 0 Å². The molecule has 4 rings (SSSR count). The molecule has 1 aromatic heterocycles. The number of fused-ring (bicyclic) bond motifs is 1. The van der Waals surface area contributed by atoms with E-state index in [2.05, 4.69) is 15.5 Å². The van der Waals surface area contributed by atoms with Gasteiger partial charge < -0.3 is 13.9 Å². The first kappa shape index (κ1) is 15.2. The maximum absolute atomic E-state index is 12.3. The first-order chi connectivity index (χ1) is 12.1. The molecule has 7 heteroatoms. The van der Waals surface area contributed by atoms with E-state index in [9.17, 15) is 4.79 Å². The summed E-state index contributed by atoms with van der Waals surface area (Å²) in [6, 6.07) is 11.0. The van der Waals surface area contributed by atoms with Gasteiger partial charge in [-0.2, -0.15) is 0 Å². The van der Waals surface area contributed by atoms with Crippen LogP contribution in [-0.2, 0) is 0 Å². The smallest absolute Gasteiger partial charge is 0.322 e. The number of carbonyl (C=O) groups excluding carboxylic acids is 1. The van der Waals surface area contributed by atoms with E-state index in [1.54, 1.807) is 30.3 Å². The molecule has 0 saturated carbocycles. The molecule has 1 N–H and O–H groups in total. The molecule has 1 amide bonds. The summed E-state index contributed by atoms with van der Waals surface area (Å²) in [5.41, 5.74) is 3.25. The van der Waals surface area contributed by atoms with Crippen LogP contribution in [0.1, 0.15) is 21.5 Å². The Morgan fingerprint density at radius 1 is 1.00 bits per heavy atom. The second kappa shape index (κ2) is 5.94. The Labute approximate surface area is 143 Å². The van der Waals surface area contributed by atoms with Gasteiger partial charge in [-0.1, -0.05) is 22.3 Å². The molecule has 0 saturated heterocycles. The lowest BCUT2D eigenvalue weighted by atomic mass is 10.1. The van der Waals surface area contributed by atoms with Crippen molar-refractivity contribution in [3.05, 3.63) is 53.1 Å². The third-order valence-corrected chi connectivity index (χ3v) is 3.75. The number of nitrogens with one attached hydrogen (secondary N) is 1. The van der Waals surface area contributed by atoms with Gasteiger partial charge in [0, 0.05) is 11.1 Å². The minimum Gasteiger partial charge on any atom is -0.454 e. The number of hydrogen-bond acceptors (Lipinski definition) is 6. The molecule has 0 fully saturated rings. The number of aryl methyl sites for hydroxylation is 2. The maximum atomic E-state index is 12.3. The highest BCUT2D eigenvalue weighted by molar-refractivity contribution is 6.03. The van der Waals surface area contributed by atoms with Crippen molar-refractivity contribution in [2.45, 2.75) is 13.8 Å². The van der Waals surface area contributed by atoms with Gasteiger partial charge in [0.25, 0.3) is 5.91 Å². The number of nitrogens with zero attached hydrogens (tertiary/aromatic N) is 2. The predicted molar refractivity (Wildman–Crippen MR) is 89.7 cm³/mol. The quantitative estimate of drug-likeness (QED) is 0.789. The predicted octanol–water partition coefficient (Wildman–Crippen LogP) is 3.33. The van der Waals surface area contributed by atoms with Gasteiger partial charge in [-0.05, 0) is 44.2 Å². The molecule has 126 valence electrons. The summed E-state index contributed by atoms with van der Waals surface area (Å²) < 4.78 is 16.1. The van der Waals surface area contributed by atoms with E-state index in [1.807, 2.05) is 19.9 Å². The van der Waals surface area contributed by atoms with Crippen LogP contribution in [0.2, 0.25) is 0 Å². The Morgan fingerprint density at radius 3 is 2.56 bits per heavy atom. The summed E-state index contributed by atoms with van der Waals surface area (Å²) in [6.45, 7) is 4.07. The normalized spacial score (nSPS) is 12.2. The average Bonchev–Trinajstić information content (AvgIpc) is 3.22. The van der Waals surface area contributed by atoms with Gasteiger partial charge in [-0.3, -0.25) is 10.1 Å². The Bertz CT molecular complexity index is 944. The minimum absolute atomic E-state index is 0.0387. The van der Waals surface area contributed by atoms with Crippen molar-refractivity contribution >= 4 is 11.9 Å². The highest BCUT2D eigenvalue weighted by Crippen LogP contribution is 2.35. The van der Waals surface area contributed by atoms with E-state index in [1.165, 1.54) is 0 Å². The number of anilines is 1. The average molecular weight is 337 g/mol. The van der Waals surface area contributed by atoms with Crippen molar-refractivity contribution < 1.29 is 18.7 Å². The topological polar surface area (TPSA) is 86.5 Å². The van der Waals surface area contributed by atoms with Crippen LogP contribution in [0.3, 0.4) is 0 Å². The van der Waals surface area contributed by atoms with E-state index < -0.39 is 0 Å². The molecule has 7 nitrogen and oxygen atoms in total. The van der Waals surface area contributed by atoms with E-state index in [0.717, 1.165) is 11.1 Å². The second-order valence-electron chi connectivity index (χ2n) is 5.81. The molecule has 1 aliphatic rings. The fourth-order valence-electron chi connectivity index (χ4n) is 2.70. The van der Waals surface area contributed by atoms with Crippen LogP contribution in [0.25, 0.3) is 11.5 Å². The molecular weight excluding hydrogens is 322 g/mol. The second-order valence-corrected chi connectivity index (χ2v) is 5.81. The molecule has 1 aliphatic heterocycles. The van der Waals surface area contributed by atoms with Crippen molar-refractivity contribution in [1.29, 1.82) is 0 Å². The van der Waals surface area contributed by atoms with Gasteiger partial charge in [0.1, 0.15) is 0 Å². The van der Waals surface area contributed by atoms with Crippen LogP contribution < -0.4 is 14.8 Å². The number of carbonyl (C=O) groups is 1. The monoisotopic (exact) mass is 337 g/mol. The number of ether oxygens (including phenoxy) is 2. The molecule has 25 heavy (non-hydrogen) atoms. The Hall–Kier alpha value is -3.35. The molecule has 2 heterocycles. The largest absolute Gasteiger partial charge is 0.454 e. The molecule has 0 aliphatic carbocycles. The highest BCUT2D eigenvalue weighted by atomic mass is 16.7. The van der Waals surface area contributed by atoms with Crippen molar-refractivity contribution in [3.63, 3.8) is 0 Å². The van der Waals surface area contributed by atoms with Crippen molar-refractivity contribution in [1.82, 2.24) is 10.2 Å². The summed E-state index contributed by atoms with van der Waals surface area (Å²) in [4.78, 5) is 12.3. The summed E-state index contributed by atoms with van der Waals surface area (Å²) in [7, 11) is 0. The number of benzene rings is 2. The van der Waals surface area contributed by atoms with E-state index >= 15 is 0 Å². The zero-order chi connectivity index (χ0) is 17.4. The zero-order valence-electron chi connectivity index (χ0n) is 13.7. The van der Waals surface area contributed by atoms with Crippen LogP contribution in [0, 0.1) is 13.8 Å². The van der Waals surface area contributed by atoms with Gasteiger partial charge in [0.05, 0.1) is 0 Å². The molecule has 2 aromatic carbocycles. The molecule has 0 atom stereocenters. The molecule has 0 radical (unpaired) electrons.